The monoisotopic (exact) mass is 387 g/mol. The van der Waals surface area contributed by atoms with E-state index in [1.54, 1.807) is 4.72 Å². The number of carboxylic acids is 1. The minimum absolute atomic E-state index is 0.219. The first-order valence-corrected chi connectivity index (χ1v) is 7.79. The van der Waals surface area contributed by atoms with Crippen LogP contribution in [0.25, 0.3) is 0 Å². The van der Waals surface area contributed by atoms with Gasteiger partial charge in [0, 0.05) is 4.47 Å². The maximum Gasteiger partial charge on any atom is 0.336 e. The van der Waals surface area contributed by atoms with Crippen molar-refractivity contribution in [2.24, 2.45) is 0 Å². The predicted molar refractivity (Wildman–Crippen MR) is 73.1 cm³/mol. The van der Waals surface area contributed by atoms with Gasteiger partial charge in [-0.05, 0) is 24.6 Å². The van der Waals surface area contributed by atoms with Crippen LogP contribution in [0.5, 0.6) is 0 Å². The van der Waals surface area contributed by atoms with E-state index < -0.39 is 40.0 Å². The Balaban J connectivity index is 3.18. The molecule has 0 heterocycles. The van der Waals surface area contributed by atoms with Crippen LogP contribution in [-0.2, 0) is 10.0 Å². The lowest BCUT2D eigenvalue weighted by Gasteiger charge is -2.15. The van der Waals surface area contributed by atoms with Crippen LogP contribution in [-0.4, -0.2) is 43.7 Å². The number of hydrogen-bond acceptors (Lipinski definition) is 4. The number of rotatable bonds is 6. The third kappa shape index (κ3) is 4.43. The van der Waals surface area contributed by atoms with E-state index in [9.17, 15) is 22.0 Å². The molecule has 0 bridgehead atoms. The molecule has 0 atom stereocenters. The van der Waals surface area contributed by atoms with Crippen LogP contribution in [0.15, 0.2) is 21.5 Å². The van der Waals surface area contributed by atoms with Gasteiger partial charge in [-0.1, -0.05) is 15.9 Å². The fourth-order valence-electron chi connectivity index (χ4n) is 1.37. The SMILES string of the molecule is Cc1c(Br)cc(S(=O)(=O)NCC(F)(F)CO)cc1C(=O)O. The van der Waals surface area contributed by atoms with E-state index in [1.165, 1.54) is 6.92 Å². The summed E-state index contributed by atoms with van der Waals surface area (Å²) in [5.74, 6) is -4.95. The average molecular weight is 388 g/mol. The molecule has 10 heteroatoms. The molecule has 0 aliphatic heterocycles. The molecule has 0 aromatic heterocycles. The molecule has 1 aromatic carbocycles. The second-order valence-electron chi connectivity index (χ2n) is 4.22. The van der Waals surface area contributed by atoms with Crippen molar-refractivity contribution in [1.29, 1.82) is 0 Å². The molecule has 0 saturated heterocycles. The number of aliphatic hydroxyl groups excluding tert-OH is 1. The highest BCUT2D eigenvalue weighted by Crippen LogP contribution is 2.25. The van der Waals surface area contributed by atoms with Crippen molar-refractivity contribution in [2.45, 2.75) is 17.7 Å². The Morgan fingerprint density at radius 2 is 2.00 bits per heavy atom. The topological polar surface area (TPSA) is 104 Å². The van der Waals surface area contributed by atoms with Crippen LogP contribution in [0.1, 0.15) is 15.9 Å². The van der Waals surface area contributed by atoms with Crippen LogP contribution < -0.4 is 4.72 Å². The summed E-state index contributed by atoms with van der Waals surface area (Å²) < 4.78 is 51.4. The second-order valence-corrected chi connectivity index (χ2v) is 6.84. The van der Waals surface area contributed by atoms with Gasteiger partial charge in [-0.2, -0.15) is 0 Å². The van der Waals surface area contributed by atoms with Gasteiger partial charge in [-0.3, -0.25) is 0 Å². The molecule has 3 N–H and O–H groups in total. The van der Waals surface area contributed by atoms with Gasteiger partial charge in [-0.15, -0.1) is 0 Å². The van der Waals surface area contributed by atoms with Crippen molar-refractivity contribution >= 4 is 31.9 Å². The Kier molecular flexibility index (Phi) is 5.42. The molecule has 21 heavy (non-hydrogen) atoms. The van der Waals surface area contributed by atoms with E-state index in [2.05, 4.69) is 15.9 Å². The normalized spacial score (nSPS) is 12.4. The molecule has 0 aliphatic rings. The summed E-state index contributed by atoms with van der Waals surface area (Å²) >= 11 is 3.02. The van der Waals surface area contributed by atoms with Gasteiger partial charge in [0.15, 0.2) is 0 Å². The van der Waals surface area contributed by atoms with Crippen LogP contribution >= 0.6 is 15.9 Å². The van der Waals surface area contributed by atoms with Crippen LogP contribution in [0, 0.1) is 6.92 Å². The Labute approximate surface area is 128 Å². The average Bonchev–Trinajstić information content (AvgIpc) is 2.39. The van der Waals surface area contributed by atoms with Crippen LogP contribution in [0.4, 0.5) is 8.78 Å². The van der Waals surface area contributed by atoms with E-state index >= 15 is 0 Å². The first-order chi connectivity index (χ1) is 9.50. The number of hydrogen-bond donors (Lipinski definition) is 3. The lowest BCUT2D eigenvalue weighted by atomic mass is 10.1. The zero-order valence-corrected chi connectivity index (χ0v) is 13.1. The highest BCUT2D eigenvalue weighted by atomic mass is 79.9. The lowest BCUT2D eigenvalue weighted by molar-refractivity contribution is -0.0437. The highest BCUT2D eigenvalue weighted by Gasteiger charge is 2.30. The van der Waals surface area contributed by atoms with Gasteiger partial charge in [0.25, 0.3) is 5.92 Å². The Bertz CT molecular complexity index is 663. The summed E-state index contributed by atoms with van der Waals surface area (Å²) in [4.78, 5) is 10.6. The summed E-state index contributed by atoms with van der Waals surface area (Å²) in [6.07, 6.45) is 0. The molecule has 118 valence electrons. The largest absolute Gasteiger partial charge is 0.478 e. The fourth-order valence-corrected chi connectivity index (χ4v) is 3.10. The molecular formula is C11H12BrF2NO5S. The Morgan fingerprint density at radius 3 is 2.48 bits per heavy atom. The Hall–Kier alpha value is -1.10. The smallest absolute Gasteiger partial charge is 0.336 e. The van der Waals surface area contributed by atoms with Gasteiger partial charge < -0.3 is 10.2 Å². The second kappa shape index (κ2) is 6.34. The van der Waals surface area contributed by atoms with Crippen molar-refractivity contribution in [3.05, 3.63) is 27.7 Å². The summed E-state index contributed by atoms with van der Waals surface area (Å²) in [5, 5.41) is 17.4. The molecule has 6 nitrogen and oxygen atoms in total. The minimum Gasteiger partial charge on any atom is -0.478 e. The molecule has 0 radical (unpaired) electrons. The number of carbonyl (C=O) groups is 1. The summed E-state index contributed by atoms with van der Waals surface area (Å²) in [6, 6.07) is 1.99. The molecule has 0 spiro atoms. The fraction of sp³-hybridized carbons (Fsp3) is 0.364. The molecular weight excluding hydrogens is 376 g/mol. The molecule has 1 aromatic rings. The van der Waals surface area contributed by atoms with Gasteiger partial charge >= 0.3 is 5.97 Å². The summed E-state index contributed by atoms with van der Waals surface area (Å²) in [6.45, 7) is -1.33. The minimum atomic E-state index is -4.33. The first kappa shape index (κ1) is 18.0. The lowest BCUT2D eigenvalue weighted by Crippen LogP contribution is -2.39. The van der Waals surface area contributed by atoms with E-state index in [4.69, 9.17) is 10.2 Å². The number of aromatic carboxylic acids is 1. The molecule has 0 aliphatic carbocycles. The van der Waals surface area contributed by atoms with Crippen LogP contribution in [0.2, 0.25) is 0 Å². The molecule has 0 amide bonds. The molecule has 0 fully saturated rings. The van der Waals surface area contributed by atoms with E-state index in [0.29, 0.717) is 5.56 Å². The van der Waals surface area contributed by atoms with Gasteiger partial charge in [0.1, 0.15) is 6.61 Å². The molecule has 0 unspecified atom stereocenters. The van der Waals surface area contributed by atoms with E-state index in [1.807, 2.05) is 0 Å². The third-order valence-electron chi connectivity index (χ3n) is 2.61. The standard InChI is InChI=1S/C11H12BrF2NO5S/c1-6-8(10(17)18)2-7(3-9(6)12)21(19,20)15-4-11(13,14)5-16/h2-3,15-16H,4-5H2,1H3,(H,17,18). The summed E-state index contributed by atoms with van der Waals surface area (Å²) in [7, 11) is -4.33. The van der Waals surface area contributed by atoms with Crippen molar-refractivity contribution in [2.75, 3.05) is 13.2 Å². The van der Waals surface area contributed by atoms with E-state index in [-0.39, 0.29) is 10.0 Å². The molecule has 1 rings (SSSR count). The number of alkyl halides is 2. The van der Waals surface area contributed by atoms with Crippen molar-refractivity contribution in [3.8, 4) is 0 Å². The number of aliphatic hydroxyl groups is 1. The summed E-state index contributed by atoms with van der Waals surface area (Å²) in [5.41, 5.74) is 0.0424. The maximum atomic E-state index is 12.9. The number of halogens is 3. The first-order valence-electron chi connectivity index (χ1n) is 5.52. The Morgan fingerprint density at radius 1 is 1.43 bits per heavy atom. The number of nitrogens with one attached hydrogen (secondary N) is 1. The van der Waals surface area contributed by atoms with Crippen LogP contribution in [0.3, 0.4) is 0 Å². The molecule has 0 saturated carbocycles. The van der Waals surface area contributed by atoms with Gasteiger partial charge in [-0.25, -0.2) is 26.7 Å². The van der Waals surface area contributed by atoms with Gasteiger partial charge in [0.05, 0.1) is 17.0 Å². The number of carboxylic acid groups (broad SMARTS) is 1. The van der Waals surface area contributed by atoms with E-state index in [0.717, 1.165) is 12.1 Å². The van der Waals surface area contributed by atoms with Crippen molar-refractivity contribution in [3.63, 3.8) is 0 Å². The van der Waals surface area contributed by atoms with Gasteiger partial charge in [0.2, 0.25) is 10.0 Å². The number of benzene rings is 1. The zero-order valence-electron chi connectivity index (χ0n) is 10.7. The maximum absolute atomic E-state index is 12.9. The quantitative estimate of drug-likeness (QED) is 0.683. The highest BCUT2D eigenvalue weighted by molar-refractivity contribution is 9.10. The third-order valence-corrected chi connectivity index (χ3v) is 4.82. The van der Waals surface area contributed by atoms with Crippen molar-refractivity contribution in [1.82, 2.24) is 4.72 Å². The predicted octanol–water partition coefficient (Wildman–Crippen LogP) is 1.36. The van der Waals surface area contributed by atoms with Crippen molar-refractivity contribution < 1.29 is 32.2 Å². The number of sulfonamides is 1. The zero-order chi connectivity index (χ0) is 16.4.